The molecule has 0 aliphatic carbocycles. The topological polar surface area (TPSA) is 3.24 Å². The summed E-state index contributed by atoms with van der Waals surface area (Å²) < 4.78 is 0. The molecule has 1 aliphatic heterocycles. The molecule has 0 N–H and O–H groups in total. The molecule has 1 nitrogen and oxygen atoms in total. The Morgan fingerprint density at radius 3 is 2.45 bits per heavy atom. The van der Waals surface area contributed by atoms with E-state index in [2.05, 4.69) is 11.8 Å². The summed E-state index contributed by atoms with van der Waals surface area (Å²) in [5.74, 6) is 0. The number of alkyl halides is 1. The van der Waals surface area contributed by atoms with Crippen molar-refractivity contribution in [2.75, 3.05) is 19.6 Å². The van der Waals surface area contributed by atoms with Crippen LogP contribution in [0.2, 0.25) is 0 Å². The van der Waals surface area contributed by atoms with Gasteiger partial charge in [-0.25, -0.2) is 0 Å². The zero-order valence-corrected chi connectivity index (χ0v) is 8.11. The number of hydrogen-bond donors (Lipinski definition) is 0. The van der Waals surface area contributed by atoms with E-state index in [9.17, 15) is 0 Å². The minimum Gasteiger partial charge on any atom is -0.303 e. The first kappa shape index (κ1) is 9.34. The van der Waals surface area contributed by atoms with Gasteiger partial charge in [-0.3, -0.25) is 0 Å². The van der Waals surface area contributed by atoms with Crippen molar-refractivity contribution in [2.45, 2.75) is 38.0 Å². The molecular weight excluding hydrogens is 158 g/mol. The fourth-order valence-corrected chi connectivity index (χ4v) is 1.64. The molecule has 1 heterocycles. The molecule has 66 valence electrons. The summed E-state index contributed by atoms with van der Waals surface area (Å²) in [6, 6.07) is 0. The third kappa shape index (κ3) is 3.97. The molecule has 2 heteroatoms. The van der Waals surface area contributed by atoms with E-state index in [4.69, 9.17) is 11.6 Å². The lowest BCUT2D eigenvalue weighted by Gasteiger charge is -2.26. The van der Waals surface area contributed by atoms with Gasteiger partial charge in [0.2, 0.25) is 0 Å². The van der Waals surface area contributed by atoms with Crippen LogP contribution in [-0.4, -0.2) is 29.9 Å². The lowest BCUT2D eigenvalue weighted by atomic mass is 10.1. The van der Waals surface area contributed by atoms with Crippen LogP contribution in [0.5, 0.6) is 0 Å². The molecule has 0 spiro atoms. The predicted molar refractivity (Wildman–Crippen MR) is 50.2 cm³/mol. The van der Waals surface area contributed by atoms with Crippen molar-refractivity contribution in [1.82, 2.24) is 4.90 Å². The summed E-state index contributed by atoms with van der Waals surface area (Å²) in [5, 5.41) is 0.344. The Kier molecular flexibility index (Phi) is 4.24. The second-order valence-corrected chi connectivity index (χ2v) is 4.22. The lowest BCUT2D eigenvalue weighted by Crippen LogP contribution is -2.31. The van der Waals surface area contributed by atoms with Gasteiger partial charge in [0.25, 0.3) is 0 Å². The molecular formula is C9H18ClN. The largest absolute Gasteiger partial charge is 0.303 e. The SMILES string of the molecule is C[C@@H](Cl)CCN1CCCCC1. The number of nitrogens with zero attached hydrogens (tertiary/aromatic N) is 1. The average molecular weight is 176 g/mol. The maximum Gasteiger partial charge on any atom is 0.0320 e. The zero-order valence-electron chi connectivity index (χ0n) is 7.35. The zero-order chi connectivity index (χ0) is 8.10. The molecule has 1 aliphatic rings. The highest BCUT2D eigenvalue weighted by Gasteiger charge is 2.09. The van der Waals surface area contributed by atoms with Crippen molar-refractivity contribution in [3.63, 3.8) is 0 Å². The van der Waals surface area contributed by atoms with Gasteiger partial charge in [0.05, 0.1) is 0 Å². The Balaban J connectivity index is 2.05. The van der Waals surface area contributed by atoms with Crippen LogP contribution in [0.3, 0.4) is 0 Å². The molecule has 0 aromatic rings. The Hall–Kier alpha value is 0.250. The van der Waals surface area contributed by atoms with Gasteiger partial charge in [-0.1, -0.05) is 6.42 Å². The van der Waals surface area contributed by atoms with E-state index in [1.165, 1.54) is 38.9 Å². The fourth-order valence-electron chi connectivity index (χ4n) is 1.54. The van der Waals surface area contributed by atoms with Gasteiger partial charge in [0, 0.05) is 5.38 Å². The van der Waals surface area contributed by atoms with E-state index >= 15 is 0 Å². The second kappa shape index (κ2) is 5.00. The maximum atomic E-state index is 5.87. The van der Waals surface area contributed by atoms with E-state index in [0.29, 0.717) is 5.38 Å². The first-order chi connectivity index (χ1) is 5.29. The van der Waals surface area contributed by atoms with Crippen molar-refractivity contribution in [1.29, 1.82) is 0 Å². The number of piperidine rings is 1. The molecule has 1 fully saturated rings. The molecule has 1 rings (SSSR count). The number of hydrogen-bond acceptors (Lipinski definition) is 1. The quantitative estimate of drug-likeness (QED) is 0.596. The fraction of sp³-hybridized carbons (Fsp3) is 1.00. The first-order valence-electron chi connectivity index (χ1n) is 4.65. The minimum absolute atomic E-state index is 0.344. The van der Waals surface area contributed by atoms with Crippen LogP contribution in [0.25, 0.3) is 0 Å². The normalized spacial score (nSPS) is 23.5. The number of likely N-dealkylation sites (tertiary alicyclic amines) is 1. The van der Waals surface area contributed by atoms with Gasteiger partial charge in [-0.05, 0) is 45.8 Å². The van der Waals surface area contributed by atoms with Crippen molar-refractivity contribution in [3.8, 4) is 0 Å². The van der Waals surface area contributed by atoms with Crippen LogP contribution >= 0.6 is 11.6 Å². The highest BCUT2D eigenvalue weighted by molar-refractivity contribution is 6.20. The Bertz CT molecular complexity index is 97.7. The van der Waals surface area contributed by atoms with Gasteiger partial charge >= 0.3 is 0 Å². The highest BCUT2D eigenvalue weighted by atomic mass is 35.5. The molecule has 1 saturated heterocycles. The van der Waals surface area contributed by atoms with Crippen LogP contribution in [0.1, 0.15) is 32.6 Å². The molecule has 0 amide bonds. The van der Waals surface area contributed by atoms with Gasteiger partial charge in [-0.15, -0.1) is 11.6 Å². The van der Waals surface area contributed by atoms with Crippen molar-refractivity contribution in [2.24, 2.45) is 0 Å². The third-order valence-electron chi connectivity index (χ3n) is 2.29. The van der Waals surface area contributed by atoms with Crippen LogP contribution in [-0.2, 0) is 0 Å². The summed E-state index contributed by atoms with van der Waals surface area (Å²) >= 11 is 5.87. The van der Waals surface area contributed by atoms with E-state index in [1.54, 1.807) is 0 Å². The summed E-state index contributed by atoms with van der Waals surface area (Å²) in [6.07, 6.45) is 5.34. The Labute approximate surface area is 74.7 Å². The standard InChI is InChI=1S/C9H18ClN/c1-9(10)5-8-11-6-3-2-4-7-11/h9H,2-8H2,1H3/t9-/m1/s1. The summed E-state index contributed by atoms with van der Waals surface area (Å²) in [5.41, 5.74) is 0. The summed E-state index contributed by atoms with van der Waals surface area (Å²) in [7, 11) is 0. The summed E-state index contributed by atoms with van der Waals surface area (Å²) in [4.78, 5) is 2.53. The van der Waals surface area contributed by atoms with Gasteiger partial charge in [0.1, 0.15) is 0 Å². The molecule has 0 saturated carbocycles. The van der Waals surface area contributed by atoms with Crippen LogP contribution in [0, 0.1) is 0 Å². The predicted octanol–water partition coefficient (Wildman–Crippen LogP) is 2.49. The van der Waals surface area contributed by atoms with E-state index < -0.39 is 0 Å². The van der Waals surface area contributed by atoms with Crippen LogP contribution in [0.4, 0.5) is 0 Å². The average Bonchev–Trinajstić information content (AvgIpc) is 2.03. The van der Waals surface area contributed by atoms with Crippen molar-refractivity contribution >= 4 is 11.6 Å². The molecule has 0 unspecified atom stereocenters. The number of halogens is 1. The molecule has 0 aromatic carbocycles. The minimum atomic E-state index is 0.344. The first-order valence-corrected chi connectivity index (χ1v) is 5.09. The molecule has 0 radical (unpaired) electrons. The van der Waals surface area contributed by atoms with Crippen molar-refractivity contribution in [3.05, 3.63) is 0 Å². The van der Waals surface area contributed by atoms with Crippen LogP contribution < -0.4 is 0 Å². The second-order valence-electron chi connectivity index (χ2n) is 3.47. The van der Waals surface area contributed by atoms with E-state index in [1.807, 2.05) is 0 Å². The monoisotopic (exact) mass is 175 g/mol. The molecule has 0 aromatic heterocycles. The van der Waals surface area contributed by atoms with E-state index in [-0.39, 0.29) is 0 Å². The van der Waals surface area contributed by atoms with E-state index in [0.717, 1.165) is 6.42 Å². The van der Waals surface area contributed by atoms with Crippen molar-refractivity contribution < 1.29 is 0 Å². The van der Waals surface area contributed by atoms with Gasteiger partial charge in [-0.2, -0.15) is 0 Å². The third-order valence-corrected chi connectivity index (χ3v) is 2.51. The number of rotatable bonds is 3. The molecule has 0 bridgehead atoms. The molecule has 1 atom stereocenters. The van der Waals surface area contributed by atoms with Crippen LogP contribution in [0.15, 0.2) is 0 Å². The summed E-state index contributed by atoms with van der Waals surface area (Å²) in [6.45, 7) is 5.86. The molecule has 11 heavy (non-hydrogen) atoms. The lowest BCUT2D eigenvalue weighted by molar-refractivity contribution is 0.226. The Morgan fingerprint density at radius 2 is 1.91 bits per heavy atom. The van der Waals surface area contributed by atoms with Gasteiger partial charge < -0.3 is 4.90 Å². The Morgan fingerprint density at radius 1 is 1.27 bits per heavy atom. The smallest absolute Gasteiger partial charge is 0.0320 e. The highest BCUT2D eigenvalue weighted by Crippen LogP contribution is 2.10. The maximum absolute atomic E-state index is 5.87. The van der Waals surface area contributed by atoms with Gasteiger partial charge in [0.15, 0.2) is 0 Å².